The molecule has 0 aliphatic heterocycles. The molecule has 7 heteroatoms. The van der Waals surface area contributed by atoms with Crippen LogP contribution in [0.1, 0.15) is 12.8 Å². The van der Waals surface area contributed by atoms with Gasteiger partial charge < -0.3 is 4.74 Å². The molecule has 3 N–H and O–H groups in total. The van der Waals surface area contributed by atoms with Crippen molar-refractivity contribution in [3.8, 4) is 11.8 Å². The Hall–Kier alpha value is -1.78. The second kappa shape index (κ2) is 6.08. The van der Waals surface area contributed by atoms with Crippen LogP contribution >= 0.6 is 0 Å². The molecule has 17 heavy (non-hydrogen) atoms. The highest BCUT2D eigenvalue weighted by molar-refractivity contribution is 7.90. The molecule has 92 valence electrons. The largest absolute Gasteiger partial charge is 0.493 e. The summed E-state index contributed by atoms with van der Waals surface area (Å²) >= 11 is 0. The predicted octanol–water partition coefficient (Wildman–Crippen LogP) is 0.985. The fourth-order valence-electron chi connectivity index (χ4n) is 1.15. The van der Waals surface area contributed by atoms with E-state index >= 15 is 0 Å². The van der Waals surface area contributed by atoms with Gasteiger partial charge in [0, 0.05) is 12.5 Å². The van der Waals surface area contributed by atoms with Gasteiger partial charge in [0.15, 0.2) is 0 Å². The second-order valence-corrected chi connectivity index (χ2v) is 4.58. The van der Waals surface area contributed by atoms with Crippen molar-refractivity contribution >= 4 is 15.9 Å². The van der Waals surface area contributed by atoms with Crippen LogP contribution in [0.3, 0.4) is 0 Å². The van der Waals surface area contributed by atoms with Gasteiger partial charge in [-0.2, -0.15) is 13.7 Å². The summed E-state index contributed by atoms with van der Waals surface area (Å²) in [7, 11) is -3.77. The van der Waals surface area contributed by atoms with Gasteiger partial charge in [0.25, 0.3) is 10.2 Å². The molecule has 0 radical (unpaired) electrons. The SMILES string of the molecule is N#CCCCOc1cccc(NS(N)(=O)=O)c1. The maximum absolute atomic E-state index is 10.8. The fourth-order valence-corrected chi connectivity index (χ4v) is 1.61. The monoisotopic (exact) mass is 255 g/mol. The third-order valence-corrected chi connectivity index (χ3v) is 2.32. The van der Waals surface area contributed by atoms with E-state index in [1.807, 2.05) is 6.07 Å². The maximum Gasteiger partial charge on any atom is 0.296 e. The molecule has 1 aromatic carbocycles. The van der Waals surface area contributed by atoms with Crippen LogP contribution in [0.25, 0.3) is 0 Å². The lowest BCUT2D eigenvalue weighted by molar-refractivity contribution is 0.313. The number of anilines is 1. The Bertz CT molecular complexity index is 508. The van der Waals surface area contributed by atoms with E-state index in [1.165, 1.54) is 6.07 Å². The van der Waals surface area contributed by atoms with Crippen molar-refractivity contribution in [2.24, 2.45) is 5.14 Å². The number of rotatable bonds is 6. The van der Waals surface area contributed by atoms with Crippen LogP contribution in [-0.2, 0) is 10.2 Å². The summed E-state index contributed by atoms with van der Waals surface area (Å²) in [6, 6.07) is 8.44. The normalized spacial score (nSPS) is 10.6. The summed E-state index contributed by atoms with van der Waals surface area (Å²) in [6.07, 6.45) is 1.05. The van der Waals surface area contributed by atoms with Crippen LogP contribution < -0.4 is 14.6 Å². The van der Waals surface area contributed by atoms with Gasteiger partial charge in [0.05, 0.1) is 18.4 Å². The Morgan fingerprint density at radius 3 is 2.88 bits per heavy atom. The highest BCUT2D eigenvalue weighted by Crippen LogP contribution is 2.17. The molecule has 0 amide bonds. The number of nitriles is 1. The standard InChI is InChI=1S/C10H13N3O3S/c11-6-1-2-7-16-10-5-3-4-9(8-10)13-17(12,14)15/h3-5,8,13H,1-2,7H2,(H2,12,14,15). The lowest BCUT2D eigenvalue weighted by Crippen LogP contribution is -2.21. The second-order valence-electron chi connectivity index (χ2n) is 3.29. The number of hydrogen-bond donors (Lipinski definition) is 2. The molecule has 0 unspecified atom stereocenters. The molecule has 1 aromatic rings. The van der Waals surface area contributed by atoms with Crippen LogP contribution in [0.4, 0.5) is 5.69 Å². The molecule has 0 aliphatic rings. The number of nitrogens with two attached hydrogens (primary N) is 1. The molecule has 0 saturated carbocycles. The first-order valence-electron chi connectivity index (χ1n) is 4.91. The van der Waals surface area contributed by atoms with Gasteiger partial charge in [-0.15, -0.1) is 0 Å². The van der Waals surface area contributed by atoms with Gasteiger partial charge in [-0.25, -0.2) is 5.14 Å². The van der Waals surface area contributed by atoms with E-state index in [1.54, 1.807) is 18.2 Å². The van der Waals surface area contributed by atoms with E-state index in [4.69, 9.17) is 15.1 Å². The zero-order chi connectivity index (χ0) is 12.7. The minimum Gasteiger partial charge on any atom is -0.493 e. The van der Waals surface area contributed by atoms with Gasteiger partial charge in [0.1, 0.15) is 5.75 Å². The van der Waals surface area contributed by atoms with Crippen molar-refractivity contribution in [3.05, 3.63) is 24.3 Å². The van der Waals surface area contributed by atoms with Gasteiger partial charge in [-0.3, -0.25) is 4.72 Å². The molecule has 0 aromatic heterocycles. The highest BCUT2D eigenvalue weighted by atomic mass is 32.2. The number of hydrogen-bond acceptors (Lipinski definition) is 4. The Morgan fingerprint density at radius 1 is 1.47 bits per heavy atom. The van der Waals surface area contributed by atoms with E-state index < -0.39 is 10.2 Å². The first-order chi connectivity index (χ1) is 8.01. The molecule has 0 heterocycles. The summed E-state index contributed by atoms with van der Waals surface area (Å²) in [4.78, 5) is 0. The molecule has 0 bridgehead atoms. The number of benzene rings is 1. The summed E-state index contributed by atoms with van der Waals surface area (Å²) < 4.78 is 29.1. The van der Waals surface area contributed by atoms with Crippen molar-refractivity contribution in [2.75, 3.05) is 11.3 Å². The minimum atomic E-state index is -3.77. The van der Waals surface area contributed by atoms with Crippen molar-refractivity contribution in [3.63, 3.8) is 0 Å². The van der Waals surface area contributed by atoms with Gasteiger partial charge in [-0.1, -0.05) is 6.07 Å². The van der Waals surface area contributed by atoms with Crippen LogP contribution in [0.15, 0.2) is 24.3 Å². The molecule has 1 rings (SSSR count). The van der Waals surface area contributed by atoms with Crippen molar-refractivity contribution in [2.45, 2.75) is 12.8 Å². The molecule has 0 atom stereocenters. The van der Waals surface area contributed by atoms with Crippen molar-refractivity contribution < 1.29 is 13.2 Å². The summed E-state index contributed by atoms with van der Waals surface area (Å²) in [6.45, 7) is 0.409. The molecule has 0 saturated heterocycles. The smallest absolute Gasteiger partial charge is 0.296 e. The highest BCUT2D eigenvalue weighted by Gasteiger charge is 2.03. The van der Waals surface area contributed by atoms with Crippen molar-refractivity contribution in [1.29, 1.82) is 5.26 Å². The molecule has 0 aliphatic carbocycles. The lowest BCUT2D eigenvalue weighted by atomic mass is 10.3. The Labute approximate surface area is 100 Å². The van der Waals surface area contributed by atoms with Crippen LogP contribution in [0.2, 0.25) is 0 Å². The zero-order valence-corrected chi connectivity index (χ0v) is 9.90. The minimum absolute atomic E-state index is 0.338. The Balaban J connectivity index is 2.57. The Morgan fingerprint density at radius 2 is 2.24 bits per heavy atom. The van der Waals surface area contributed by atoms with Crippen molar-refractivity contribution in [1.82, 2.24) is 0 Å². The van der Waals surface area contributed by atoms with E-state index in [9.17, 15) is 8.42 Å². The number of nitrogens with zero attached hydrogens (tertiary/aromatic N) is 1. The quantitative estimate of drug-likeness (QED) is 0.739. The third kappa shape index (κ3) is 5.75. The van der Waals surface area contributed by atoms with E-state index in [0.29, 0.717) is 30.9 Å². The molecule has 0 fully saturated rings. The fraction of sp³-hybridized carbons (Fsp3) is 0.300. The van der Waals surface area contributed by atoms with Gasteiger partial charge >= 0.3 is 0 Å². The average molecular weight is 255 g/mol. The first-order valence-corrected chi connectivity index (χ1v) is 6.46. The lowest BCUT2D eigenvalue weighted by Gasteiger charge is -2.07. The molecule has 0 spiro atoms. The topological polar surface area (TPSA) is 105 Å². The van der Waals surface area contributed by atoms with Gasteiger partial charge in [-0.05, 0) is 18.6 Å². The average Bonchev–Trinajstić information content (AvgIpc) is 2.23. The first kappa shape index (κ1) is 13.3. The maximum atomic E-state index is 10.8. The number of unbranched alkanes of at least 4 members (excludes halogenated alkanes) is 1. The van der Waals surface area contributed by atoms with Gasteiger partial charge in [0.2, 0.25) is 0 Å². The van der Waals surface area contributed by atoms with Crippen LogP contribution in [0.5, 0.6) is 5.75 Å². The number of nitrogens with one attached hydrogen (secondary N) is 1. The molecular formula is C10H13N3O3S. The summed E-state index contributed by atoms with van der Waals surface area (Å²) in [5.74, 6) is 0.525. The molecule has 6 nitrogen and oxygen atoms in total. The van der Waals surface area contributed by atoms with E-state index in [2.05, 4.69) is 4.72 Å². The number of ether oxygens (including phenoxy) is 1. The van der Waals surface area contributed by atoms with Crippen LogP contribution in [0, 0.1) is 11.3 Å². The summed E-state index contributed by atoms with van der Waals surface area (Å²) in [5.41, 5.74) is 0.338. The van der Waals surface area contributed by atoms with E-state index in [0.717, 1.165) is 0 Å². The third-order valence-electron chi connectivity index (χ3n) is 1.80. The molecular weight excluding hydrogens is 242 g/mol. The summed E-state index contributed by atoms with van der Waals surface area (Å²) in [5, 5.41) is 13.2. The van der Waals surface area contributed by atoms with E-state index in [-0.39, 0.29) is 0 Å². The Kier molecular flexibility index (Phi) is 4.75. The predicted molar refractivity (Wildman–Crippen MR) is 63.5 cm³/mol. The zero-order valence-electron chi connectivity index (χ0n) is 9.09. The van der Waals surface area contributed by atoms with Crippen LogP contribution in [-0.4, -0.2) is 15.0 Å².